The van der Waals surface area contributed by atoms with Crippen LogP contribution in [0.25, 0.3) is 0 Å². The summed E-state index contributed by atoms with van der Waals surface area (Å²) in [4.78, 5) is 13.3. The molecule has 0 saturated carbocycles. The lowest BCUT2D eigenvalue weighted by Gasteiger charge is -2.20. The fraction of sp³-hybridized carbons (Fsp3) is 0.462. The topological polar surface area (TPSA) is 61.8 Å². The van der Waals surface area contributed by atoms with Crippen LogP contribution in [-0.2, 0) is 6.54 Å². The van der Waals surface area contributed by atoms with Crippen LogP contribution in [0.15, 0.2) is 24.3 Å². The fourth-order valence-corrected chi connectivity index (χ4v) is 1.60. The van der Waals surface area contributed by atoms with Gasteiger partial charge < -0.3 is 20.1 Å². The SMILES string of the molecule is CCN(CCO)C(=O)NCc1cccc(OC)c1. The van der Waals surface area contributed by atoms with Crippen LogP contribution in [-0.4, -0.2) is 42.8 Å². The Labute approximate surface area is 107 Å². The van der Waals surface area contributed by atoms with Gasteiger partial charge in [-0.3, -0.25) is 0 Å². The van der Waals surface area contributed by atoms with E-state index in [2.05, 4.69) is 5.32 Å². The summed E-state index contributed by atoms with van der Waals surface area (Å²) in [5.41, 5.74) is 0.975. The van der Waals surface area contributed by atoms with Gasteiger partial charge in [-0.1, -0.05) is 12.1 Å². The lowest BCUT2D eigenvalue weighted by atomic mass is 10.2. The minimum Gasteiger partial charge on any atom is -0.497 e. The molecule has 0 atom stereocenters. The van der Waals surface area contributed by atoms with Crippen molar-refractivity contribution in [3.63, 3.8) is 0 Å². The molecule has 100 valence electrons. The Morgan fingerprint density at radius 1 is 1.50 bits per heavy atom. The van der Waals surface area contributed by atoms with E-state index in [1.807, 2.05) is 31.2 Å². The second-order valence-electron chi connectivity index (χ2n) is 3.81. The highest BCUT2D eigenvalue weighted by Crippen LogP contribution is 2.12. The molecule has 0 fully saturated rings. The lowest BCUT2D eigenvalue weighted by molar-refractivity contribution is 0.180. The van der Waals surface area contributed by atoms with Gasteiger partial charge >= 0.3 is 6.03 Å². The number of hydrogen-bond acceptors (Lipinski definition) is 3. The van der Waals surface area contributed by atoms with Crippen LogP contribution in [0.4, 0.5) is 4.79 Å². The fourth-order valence-electron chi connectivity index (χ4n) is 1.60. The zero-order valence-electron chi connectivity index (χ0n) is 10.8. The molecule has 0 aliphatic rings. The highest BCUT2D eigenvalue weighted by atomic mass is 16.5. The van der Waals surface area contributed by atoms with Gasteiger partial charge in [-0.05, 0) is 24.6 Å². The van der Waals surface area contributed by atoms with Crippen molar-refractivity contribution < 1.29 is 14.6 Å². The first-order valence-electron chi connectivity index (χ1n) is 5.97. The van der Waals surface area contributed by atoms with Crippen LogP contribution in [0, 0.1) is 0 Å². The second kappa shape index (κ2) is 7.55. The summed E-state index contributed by atoms with van der Waals surface area (Å²) in [6, 6.07) is 7.36. The molecule has 0 aliphatic heterocycles. The molecule has 1 aromatic carbocycles. The van der Waals surface area contributed by atoms with Gasteiger partial charge in [0.1, 0.15) is 5.75 Å². The largest absolute Gasteiger partial charge is 0.497 e. The summed E-state index contributed by atoms with van der Waals surface area (Å²) in [6.45, 7) is 3.21. The molecular weight excluding hydrogens is 232 g/mol. The number of nitrogens with one attached hydrogen (secondary N) is 1. The van der Waals surface area contributed by atoms with Crippen LogP contribution >= 0.6 is 0 Å². The Morgan fingerprint density at radius 3 is 2.89 bits per heavy atom. The van der Waals surface area contributed by atoms with Gasteiger partial charge in [0.15, 0.2) is 0 Å². The number of ether oxygens (including phenoxy) is 1. The minimum atomic E-state index is -0.172. The predicted octanol–water partition coefficient (Wildman–Crippen LogP) is 1.22. The third-order valence-corrected chi connectivity index (χ3v) is 2.62. The predicted molar refractivity (Wildman–Crippen MR) is 69.6 cm³/mol. The van der Waals surface area contributed by atoms with Gasteiger partial charge in [0, 0.05) is 19.6 Å². The first kappa shape index (κ1) is 14.3. The molecule has 5 nitrogen and oxygen atoms in total. The molecule has 1 rings (SSSR count). The van der Waals surface area contributed by atoms with Crippen LogP contribution in [0.2, 0.25) is 0 Å². The molecule has 0 unspecified atom stereocenters. The first-order valence-corrected chi connectivity index (χ1v) is 5.97. The van der Waals surface area contributed by atoms with Gasteiger partial charge in [-0.15, -0.1) is 0 Å². The standard InChI is InChI=1S/C13H20N2O3/c1-3-15(7-8-16)13(17)14-10-11-5-4-6-12(9-11)18-2/h4-6,9,16H,3,7-8,10H2,1-2H3,(H,14,17). The number of amides is 2. The van der Waals surface area contributed by atoms with E-state index in [0.717, 1.165) is 11.3 Å². The van der Waals surface area contributed by atoms with Crippen LogP contribution in [0.3, 0.4) is 0 Å². The third kappa shape index (κ3) is 4.25. The van der Waals surface area contributed by atoms with Crippen molar-refractivity contribution >= 4 is 6.03 Å². The lowest BCUT2D eigenvalue weighted by Crippen LogP contribution is -2.41. The number of likely N-dealkylation sites (N-methyl/N-ethyl adjacent to an activating group) is 1. The maximum absolute atomic E-state index is 11.8. The highest BCUT2D eigenvalue weighted by molar-refractivity contribution is 5.74. The van der Waals surface area contributed by atoms with Crippen molar-refractivity contribution in [2.75, 3.05) is 26.8 Å². The number of urea groups is 1. The maximum Gasteiger partial charge on any atom is 0.317 e. The Balaban J connectivity index is 2.50. The molecule has 18 heavy (non-hydrogen) atoms. The molecule has 2 N–H and O–H groups in total. The monoisotopic (exact) mass is 252 g/mol. The van der Waals surface area contributed by atoms with Crippen molar-refractivity contribution in [3.05, 3.63) is 29.8 Å². The Hall–Kier alpha value is -1.75. The van der Waals surface area contributed by atoms with Gasteiger partial charge in [-0.25, -0.2) is 4.79 Å². The Kier molecular flexibility index (Phi) is 6.00. The summed E-state index contributed by atoms with van der Waals surface area (Å²) in [6.07, 6.45) is 0. The van der Waals surface area contributed by atoms with E-state index < -0.39 is 0 Å². The van der Waals surface area contributed by atoms with E-state index in [1.54, 1.807) is 12.0 Å². The molecule has 0 heterocycles. The summed E-state index contributed by atoms with van der Waals surface area (Å²) in [7, 11) is 1.61. The average Bonchev–Trinajstić information content (AvgIpc) is 2.42. The number of hydrogen-bond donors (Lipinski definition) is 2. The normalized spacial score (nSPS) is 9.94. The number of benzene rings is 1. The van der Waals surface area contributed by atoms with Gasteiger partial charge in [0.05, 0.1) is 13.7 Å². The molecule has 0 saturated heterocycles. The summed E-state index contributed by atoms with van der Waals surface area (Å²) < 4.78 is 5.11. The average molecular weight is 252 g/mol. The summed E-state index contributed by atoms with van der Waals surface area (Å²) in [5.74, 6) is 0.768. The molecule has 0 aromatic heterocycles. The molecule has 0 aliphatic carbocycles. The molecule has 0 bridgehead atoms. The summed E-state index contributed by atoms with van der Waals surface area (Å²) in [5, 5.41) is 11.6. The van der Waals surface area contributed by atoms with E-state index in [0.29, 0.717) is 19.6 Å². The van der Waals surface area contributed by atoms with E-state index in [-0.39, 0.29) is 12.6 Å². The van der Waals surface area contributed by atoms with E-state index in [4.69, 9.17) is 9.84 Å². The zero-order valence-corrected chi connectivity index (χ0v) is 10.8. The molecule has 0 radical (unpaired) electrons. The number of rotatable bonds is 6. The van der Waals surface area contributed by atoms with E-state index in [9.17, 15) is 4.79 Å². The van der Waals surface area contributed by atoms with Crippen molar-refractivity contribution in [1.29, 1.82) is 0 Å². The van der Waals surface area contributed by atoms with Crippen molar-refractivity contribution in [2.24, 2.45) is 0 Å². The quantitative estimate of drug-likeness (QED) is 0.800. The maximum atomic E-state index is 11.8. The molecular formula is C13H20N2O3. The number of aliphatic hydroxyl groups is 1. The Bertz CT molecular complexity index is 382. The number of aliphatic hydroxyl groups excluding tert-OH is 1. The molecule has 2 amide bonds. The van der Waals surface area contributed by atoms with Crippen LogP contribution < -0.4 is 10.1 Å². The number of carbonyl (C=O) groups is 1. The number of nitrogens with zero attached hydrogens (tertiary/aromatic N) is 1. The van der Waals surface area contributed by atoms with E-state index >= 15 is 0 Å². The highest BCUT2D eigenvalue weighted by Gasteiger charge is 2.09. The van der Waals surface area contributed by atoms with Crippen molar-refractivity contribution in [3.8, 4) is 5.75 Å². The molecule has 5 heteroatoms. The van der Waals surface area contributed by atoms with Crippen LogP contribution in [0.5, 0.6) is 5.75 Å². The zero-order chi connectivity index (χ0) is 13.4. The van der Waals surface area contributed by atoms with Crippen molar-refractivity contribution in [2.45, 2.75) is 13.5 Å². The second-order valence-corrected chi connectivity index (χ2v) is 3.81. The van der Waals surface area contributed by atoms with Gasteiger partial charge in [0.2, 0.25) is 0 Å². The van der Waals surface area contributed by atoms with Crippen molar-refractivity contribution in [1.82, 2.24) is 10.2 Å². The van der Waals surface area contributed by atoms with Gasteiger partial charge in [0.25, 0.3) is 0 Å². The van der Waals surface area contributed by atoms with Gasteiger partial charge in [-0.2, -0.15) is 0 Å². The molecule has 1 aromatic rings. The summed E-state index contributed by atoms with van der Waals surface area (Å²) >= 11 is 0. The Morgan fingerprint density at radius 2 is 2.28 bits per heavy atom. The molecule has 0 spiro atoms. The number of carbonyl (C=O) groups excluding carboxylic acids is 1. The van der Waals surface area contributed by atoms with E-state index in [1.165, 1.54) is 0 Å². The third-order valence-electron chi connectivity index (χ3n) is 2.62. The first-order chi connectivity index (χ1) is 8.71. The number of methoxy groups -OCH3 is 1. The minimum absolute atomic E-state index is 0.0274. The van der Waals surface area contributed by atoms with Crippen LogP contribution in [0.1, 0.15) is 12.5 Å². The smallest absolute Gasteiger partial charge is 0.317 e.